The van der Waals surface area contributed by atoms with E-state index < -0.39 is 16.0 Å². The topological polar surface area (TPSA) is 63.7 Å². The zero-order valence-corrected chi connectivity index (χ0v) is 14.6. The average molecular weight is 374 g/mol. The van der Waals surface area contributed by atoms with Crippen LogP contribution in [0.15, 0.2) is 47.4 Å². The van der Waals surface area contributed by atoms with Crippen LogP contribution in [0.5, 0.6) is 5.75 Å². The van der Waals surface area contributed by atoms with E-state index in [0.29, 0.717) is 5.02 Å². The molecule has 5 nitrogen and oxygen atoms in total. The Morgan fingerprint density at radius 3 is 2.22 bits per heavy atom. The molecular formula is C15H13Cl2NO4S. The Bertz CT molecular complexity index is 833. The molecule has 2 rings (SSSR count). The molecule has 0 bridgehead atoms. The molecule has 0 atom stereocenters. The second-order valence-corrected chi connectivity index (χ2v) is 7.77. The second kappa shape index (κ2) is 6.88. The lowest BCUT2D eigenvalue weighted by Crippen LogP contribution is -2.22. The van der Waals surface area contributed by atoms with Crippen LogP contribution in [0.4, 0.5) is 0 Å². The van der Waals surface area contributed by atoms with E-state index in [4.69, 9.17) is 27.9 Å². The molecule has 23 heavy (non-hydrogen) atoms. The van der Waals surface area contributed by atoms with Crippen molar-refractivity contribution in [1.29, 1.82) is 0 Å². The third-order valence-electron chi connectivity index (χ3n) is 2.96. The number of sulfonamides is 1. The van der Waals surface area contributed by atoms with Crippen LogP contribution in [0.25, 0.3) is 0 Å². The van der Waals surface area contributed by atoms with Crippen LogP contribution < -0.4 is 4.74 Å². The first-order valence-corrected chi connectivity index (χ1v) is 8.61. The lowest BCUT2D eigenvalue weighted by atomic mass is 10.2. The Kier molecular flexibility index (Phi) is 5.31. The smallest absolute Gasteiger partial charge is 0.343 e. The molecule has 0 saturated carbocycles. The fourth-order valence-corrected chi connectivity index (χ4v) is 2.91. The summed E-state index contributed by atoms with van der Waals surface area (Å²) < 4.78 is 30.2. The van der Waals surface area contributed by atoms with Gasteiger partial charge in [0.15, 0.2) is 5.75 Å². The third kappa shape index (κ3) is 4.03. The van der Waals surface area contributed by atoms with E-state index in [2.05, 4.69) is 0 Å². The lowest BCUT2D eigenvalue weighted by Gasteiger charge is -2.11. The highest BCUT2D eigenvalue weighted by Crippen LogP contribution is 2.28. The quantitative estimate of drug-likeness (QED) is 0.607. The highest BCUT2D eigenvalue weighted by atomic mass is 35.5. The first-order chi connectivity index (χ1) is 10.7. The van der Waals surface area contributed by atoms with Gasteiger partial charge < -0.3 is 4.74 Å². The molecule has 0 amide bonds. The van der Waals surface area contributed by atoms with Crippen molar-refractivity contribution in [2.24, 2.45) is 0 Å². The number of hydrogen-bond acceptors (Lipinski definition) is 4. The third-order valence-corrected chi connectivity index (χ3v) is 5.34. The van der Waals surface area contributed by atoms with Gasteiger partial charge >= 0.3 is 5.97 Å². The Balaban J connectivity index is 2.23. The maximum absolute atomic E-state index is 12.1. The highest BCUT2D eigenvalue weighted by molar-refractivity contribution is 7.89. The number of nitrogens with zero attached hydrogens (tertiary/aromatic N) is 1. The number of ether oxygens (including phenoxy) is 1. The van der Waals surface area contributed by atoms with Crippen molar-refractivity contribution >= 4 is 39.2 Å². The fourth-order valence-electron chi connectivity index (χ4n) is 1.69. The molecule has 0 unspecified atom stereocenters. The van der Waals surface area contributed by atoms with Crippen molar-refractivity contribution < 1.29 is 17.9 Å². The number of carbonyl (C=O) groups excluding carboxylic acids is 1. The summed E-state index contributed by atoms with van der Waals surface area (Å²) in [7, 11) is -0.689. The molecule has 0 heterocycles. The van der Waals surface area contributed by atoms with Crippen LogP contribution in [0.1, 0.15) is 10.4 Å². The van der Waals surface area contributed by atoms with Gasteiger partial charge in [0.2, 0.25) is 10.0 Å². The first-order valence-electron chi connectivity index (χ1n) is 6.41. The standard InChI is InChI=1S/C15H13Cl2NO4S/c1-18(2)23(20,21)12-6-3-10(4-7-12)15(19)22-14-9-11(16)5-8-13(14)17/h3-9H,1-2H3. The average Bonchev–Trinajstić information content (AvgIpc) is 2.50. The van der Waals surface area contributed by atoms with Crippen molar-refractivity contribution in [3.63, 3.8) is 0 Å². The zero-order valence-electron chi connectivity index (χ0n) is 12.3. The summed E-state index contributed by atoms with van der Waals surface area (Å²) in [5.41, 5.74) is 0.193. The van der Waals surface area contributed by atoms with Crippen LogP contribution in [0.3, 0.4) is 0 Å². The Labute approximate surface area is 144 Å². The lowest BCUT2D eigenvalue weighted by molar-refractivity contribution is 0.0735. The van der Waals surface area contributed by atoms with Gasteiger partial charge in [-0.15, -0.1) is 0 Å². The van der Waals surface area contributed by atoms with E-state index in [1.165, 1.54) is 50.5 Å². The number of rotatable bonds is 4. The summed E-state index contributed by atoms with van der Waals surface area (Å²) in [5.74, 6) is -0.530. The van der Waals surface area contributed by atoms with E-state index in [0.717, 1.165) is 4.31 Å². The minimum absolute atomic E-state index is 0.0832. The Hall–Kier alpha value is -1.60. The summed E-state index contributed by atoms with van der Waals surface area (Å²) >= 11 is 11.8. The molecule has 0 saturated heterocycles. The number of carbonyl (C=O) groups is 1. The normalized spacial score (nSPS) is 11.5. The van der Waals surface area contributed by atoms with Gasteiger partial charge in [0.05, 0.1) is 15.5 Å². The second-order valence-electron chi connectivity index (χ2n) is 4.78. The summed E-state index contributed by atoms with van der Waals surface area (Å²) in [6.45, 7) is 0. The van der Waals surface area contributed by atoms with Gasteiger partial charge in [-0.05, 0) is 36.4 Å². The molecule has 0 aliphatic rings. The van der Waals surface area contributed by atoms with Gasteiger partial charge in [-0.25, -0.2) is 17.5 Å². The molecule has 0 N–H and O–H groups in total. The van der Waals surface area contributed by atoms with E-state index in [1.54, 1.807) is 6.07 Å². The first kappa shape index (κ1) is 17.7. The number of benzene rings is 2. The van der Waals surface area contributed by atoms with Gasteiger partial charge in [-0.3, -0.25) is 0 Å². The van der Waals surface area contributed by atoms with Crippen molar-refractivity contribution in [3.05, 3.63) is 58.1 Å². The number of esters is 1. The van der Waals surface area contributed by atoms with Gasteiger partial charge in [-0.1, -0.05) is 23.2 Å². The van der Waals surface area contributed by atoms with E-state index in [9.17, 15) is 13.2 Å². The molecule has 0 fully saturated rings. The van der Waals surface area contributed by atoms with Gasteiger partial charge in [-0.2, -0.15) is 0 Å². The number of hydrogen-bond donors (Lipinski definition) is 0. The predicted octanol–water partition coefficient (Wildman–Crippen LogP) is 3.46. The number of halogens is 2. The molecule has 122 valence electrons. The van der Waals surface area contributed by atoms with Gasteiger partial charge in [0, 0.05) is 25.2 Å². The molecule has 0 aromatic heterocycles. The largest absolute Gasteiger partial charge is 0.421 e. The molecular weight excluding hydrogens is 361 g/mol. The van der Waals surface area contributed by atoms with Crippen LogP contribution in [0, 0.1) is 0 Å². The van der Waals surface area contributed by atoms with Crippen molar-refractivity contribution in [1.82, 2.24) is 4.31 Å². The SMILES string of the molecule is CN(C)S(=O)(=O)c1ccc(C(=O)Oc2cc(Cl)ccc2Cl)cc1. The molecule has 0 aliphatic carbocycles. The zero-order chi connectivity index (χ0) is 17.2. The fraction of sp³-hybridized carbons (Fsp3) is 0.133. The molecule has 0 radical (unpaired) electrons. The minimum Gasteiger partial charge on any atom is -0.421 e. The highest BCUT2D eigenvalue weighted by Gasteiger charge is 2.18. The van der Waals surface area contributed by atoms with E-state index in [1.807, 2.05) is 0 Å². The Morgan fingerprint density at radius 2 is 1.65 bits per heavy atom. The molecule has 2 aromatic rings. The summed E-state index contributed by atoms with van der Waals surface area (Å²) in [6, 6.07) is 9.93. The van der Waals surface area contributed by atoms with E-state index >= 15 is 0 Å². The molecule has 8 heteroatoms. The van der Waals surface area contributed by atoms with Crippen LogP contribution in [0.2, 0.25) is 10.0 Å². The van der Waals surface area contributed by atoms with Crippen LogP contribution >= 0.6 is 23.2 Å². The maximum Gasteiger partial charge on any atom is 0.343 e. The monoisotopic (exact) mass is 373 g/mol. The molecule has 0 aliphatic heterocycles. The summed E-state index contributed by atoms with van der Waals surface area (Å²) in [6.07, 6.45) is 0. The summed E-state index contributed by atoms with van der Waals surface area (Å²) in [5, 5.41) is 0.624. The van der Waals surface area contributed by atoms with Crippen molar-refractivity contribution in [2.45, 2.75) is 4.90 Å². The Morgan fingerprint density at radius 1 is 1.04 bits per heavy atom. The van der Waals surface area contributed by atoms with Crippen LogP contribution in [-0.2, 0) is 10.0 Å². The van der Waals surface area contributed by atoms with Crippen molar-refractivity contribution in [2.75, 3.05) is 14.1 Å². The van der Waals surface area contributed by atoms with Gasteiger partial charge in [0.1, 0.15) is 0 Å². The maximum atomic E-state index is 12.1. The van der Waals surface area contributed by atoms with E-state index in [-0.39, 0.29) is 21.2 Å². The molecule has 0 spiro atoms. The summed E-state index contributed by atoms with van der Waals surface area (Å²) in [4.78, 5) is 12.2. The van der Waals surface area contributed by atoms with Gasteiger partial charge in [0.25, 0.3) is 0 Å². The minimum atomic E-state index is -3.55. The predicted molar refractivity (Wildman–Crippen MR) is 88.7 cm³/mol. The molecule has 2 aromatic carbocycles. The van der Waals surface area contributed by atoms with Crippen LogP contribution in [-0.4, -0.2) is 32.8 Å². The van der Waals surface area contributed by atoms with Crippen molar-refractivity contribution in [3.8, 4) is 5.75 Å².